The first kappa shape index (κ1) is 33.2. The number of benzene rings is 2. The van der Waals surface area contributed by atoms with Gasteiger partial charge in [-0.3, -0.25) is 4.79 Å². The van der Waals surface area contributed by atoms with E-state index in [2.05, 4.69) is 5.32 Å². The Hall–Kier alpha value is -3.72. The first-order valence-electron chi connectivity index (χ1n) is 14.9. The summed E-state index contributed by atoms with van der Waals surface area (Å²) in [5, 5.41) is 2.86. The van der Waals surface area contributed by atoms with E-state index in [1.807, 2.05) is 9.80 Å². The summed E-state index contributed by atoms with van der Waals surface area (Å²) in [6.07, 6.45) is -3.61. The molecule has 4 aromatic rings. The second-order valence-corrected chi connectivity index (χ2v) is 15.1. The molecular formula is C32H30ClF4N5O3S2. The Morgan fingerprint density at radius 2 is 1.66 bits per heavy atom. The lowest BCUT2D eigenvalue weighted by Gasteiger charge is -2.37. The average molecular weight is 708 g/mol. The maximum absolute atomic E-state index is 14.4. The molecule has 0 saturated carbocycles. The number of pyridine rings is 1. The number of rotatable bonds is 8. The van der Waals surface area contributed by atoms with Crippen molar-refractivity contribution < 1.29 is 30.8 Å². The third-order valence-corrected chi connectivity index (χ3v) is 11.9. The predicted octanol–water partition coefficient (Wildman–Crippen LogP) is 6.42. The third kappa shape index (κ3) is 7.25. The first-order valence-corrected chi connectivity index (χ1v) is 17.5. The fraction of sp³-hybridized carbons (Fsp3) is 0.312. The Morgan fingerprint density at radius 1 is 0.957 bits per heavy atom. The number of thiophene rings is 1. The van der Waals surface area contributed by atoms with Gasteiger partial charge in [-0.05, 0) is 66.9 Å². The number of alkyl halides is 3. The molecule has 1 N–H and O–H groups in total. The predicted molar refractivity (Wildman–Crippen MR) is 174 cm³/mol. The van der Waals surface area contributed by atoms with Crippen LogP contribution < -0.4 is 15.1 Å². The highest BCUT2D eigenvalue weighted by Crippen LogP contribution is 2.34. The molecule has 15 heteroatoms. The summed E-state index contributed by atoms with van der Waals surface area (Å²) in [5.41, 5.74) is 1.23. The van der Waals surface area contributed by atoms with Gasteiger partial charge in [0.15, 0.2) is 0 Å². The van der Waals surface area contributed by atoms with Crippen LogP contribution in [0.5, 0.6) is 0 Å². The van der Waals surface area contributed by atoms with Gasteiger partial charge in [0.25, 0.3) is 10.0 Å². The number of piperazine rings is 1. The van der Waals surface area contributed by atoms with Gasteiger partial charge in [-0.15, -0.1) is 11.3 Å². The average Bonchev–Trinajstić information content (AvgIpc) is 3.74. The van der Waals surface area contributed by atoms with Crippen molar-refractivity contribution in [2.75, 3.05) is 42.5 Å². The minimum atomic E-state index is -4.49. The molecule has 2 aliphatic heterocycles. The Balaban J connectivity index is 1.23. The molecule has 1 atom stereocenters. The van der Waals surface area contributed by atoms with Crippen LogP contribution in [0.3, 0.4) is 0 Å². The highest BCUT2D eigenvalue weighted by Gasteiger charge is 2.40. The number of nitrogens with zero attached hydrogens (tertiary/aromatic N) is 4. The lowest BCUT2D eigenvalue weighted by Crippen LogP contribution is -2.47. The molecule has 8 nitrogen and oxygen atoms in total. The number of halogens is 5. The fourth-order valence-corrected chi connectivity index (χ4v) is 9.11. The van der Waals surface area contributed by atoms with Crippen molar-refractivity contribution >= 4 is 50.4 Å². The number of anilines is 2. The Labute approximate surface area is 278 Å². The van der Waals surface area contributed by atoms with Crippen LogP contribution in [-0.4, -0.2) is 62.4 Å². The number of sulfonamides is 1. The minimum absolute atomic E-state index is 0.0341. The van der Waals surface area contributed by atoms with Crippen LogP contribution in [0.4, 0.5) is 29.1 Å². The molecule has 2 aromatic carbocycles. The molecule has 6 rings (SSSR count). The summed E-state index contributed by atoms with van der Waals surface area (Å²) in [6.45, 7) is 2.27. The van der Waals surface area contributed by atoms with E-state index in [4.69, 9.17) is 16.6 Å². The molecule has 0 spiro atoms. The summed E-state index contributed by atoms with van der Waals surface area (Å²) in [7, 11) is -3.92. The monoisotopic (exact) mass is 707 g/mol. The molecule has 1 amide bonds. The summed E-state index contributed by atoms with van der Waals surface area (Å²) in [6, 6.07) is 16.8. The van der Waals surface area contributed by atoms with Crippen molar-refractivity contribution in [2.24, 2.45) is 0 Å². The van der Waals surface area contributed by atoms with Gasteiger partial charge in [-0.2, -0.15) is 17.5 Å². The zero-order valence-corrected chi connectivity index (χ0v) is 27.3. The van der Waals surface area contributed by atoms with Gasteiger partial charge in [0.05, 0.1) is 21.3 Å². The fourth-order valence-electron chi connectivity index (χ4n) is 5.85. The smallest absolute Gasteiger partial charge is 0.366 e. The number of hydrogen-bond donors (Lipinski definition) is 1. The zero-order valence-electron chi connectivity index (χ0n) is 24.9. The van der Waals surface area contributed by atoms with Crippen LogP contribution in [0.25, 0.3) is 11.3 Å². The Morgan fingerprint density at radius 3 is 2.32 bits per heavy atom. The van der Waals surface area contributed by atoms with Crippen molar-refractivity contribution in [1.82, 2.24) is 14.6 Å². The van der Waals surface area contributed by atoms with Crippen molar-refractivity contribution in [3.63, 3.8) is 0 Å². The number of carbonyl (C=O) groups excluding carboxylic acids is 1. The van der Waals surface area contributed by atoms with Crippen LogP contribution in [0.2, 0.25) is 4.34 Å². The number of hydrogen-bond acceptors (Lipinski definition) is 7. The SMILES string of the molecule is O=C(NCc1cc(-c2ccc(C(F)(F)F)cc2)nc(N2CCN(c3ccccc3F)CC2)c1)[C@@H]1CCCN1S(=O)(=O)c1ccc(Cl)s1. The molecule has 248 valence electrons. The maximum Gasteiger partial charge on any atom is 0.416 e. The minimum Gasteiger partial charge on any atom is -0.366 e. The van der Waals surface area contributed by atoms with Gasteiger partial charge in [0.2, 0.25) is 5.91 Å². The molecule has 0 aliphatic carbocycles. The van der Waals surface area contributed by atoms with Crippen molar-refractivity contribution in [3.05, 3.63) is 94.1 Å². The number of carbonyl (C=O) groups is 1. The molecule has 2 fully saturated rings. The van der Waals surface area contributed by atoms with Gasteiger partial charge in [-0.1, -0.05) is 35.9 Å². The number of nitrogens with one attached hydrogen (secondary N) is 1. The quantitative estimate of drug-likeness (QED) is 0.213. The van der Waals surface area contributed by atoms with Crippen molar-refractivity contribution in [2.45, 2.75) is 35.8 Å². The normalized spacial score (nSPS) is 17.7. The molecule has 0 radical (unpaired) electrons. The van der Waals surface area contributed by atoms with Crippen LogP contribution in [-0.2, 0) is 27.5 Å². The summed E-state index contributed by atoms with van der Waals surface area (Å²) in [4.78, 5) is 22.1. The number of amides is 1. The third-order valence-electron chi connectivity index (χ3n) is 8.26. The molecule has 0 unspecified atom stereocenters. The topological polar surface area (TPSA) is 85.8 Å². The number of para-hydroxylation sites is 1. The molecule has 4 heterocycles. The van der Waals surface area contributed by atoms with E-state index < -0.39 is 33.7 Å². The Kier molecular flexibility index (Phi) is 9.47. The lowest BCUT2D eigenvalue weighted by atomic mass is 10.1. The maximum atomic E-state index is 14.4. The van der Waals surface area contributed by atoms with Crippen LogP contribution in [0.1, 0.15) is 24.0 Å². The van der Waals surface area contributed by atoms with Gasteiger partial charge >= 0.3 is 6.18 Å². The van der Waals surface area contributed by atoms with Crippen molar-refractivity contribution in [1.29, 1.82) is 0 Å². The molecular weight excluding hydrogens is 678 g/mol. The van der Waals surface area contributed by atoms with Gasteiger partial charge in [0.1, 0.15) is 21.9 Å². The van der Waals surface area contributed by atoms with E-state index in [0.717, 1.165) is 23.5 Å². The summed E-state index contributed by atoms with van der Waals surface area (Å²) in [5.74, 6) is -0.213. The standard InChI is InChI=1S/C32H30ClF4N5O3S2/c33-28-11-12-30(46-28)47(44,45)42-13-3-6-27(42)31(43)38-20-21-18-25(22-7-9-23(10-8-22)32(35,36)37)39-29(19-21)41-16-14-40(15-17-41)26-5-2-1-4-24(26)34/h1-2,4-5,7-12,18-19,27H,3,6,13-17,20H2,(H,38,43)/t27-/m0/s1. The molecule has 2 saturated heterocycles. The largest absolute Gasteiger partial charge is 0.416 e. The van der Waals surface area contributed by atoms with E-state index in [9.17, 15) is 30.8 Å². The van der Waals surface area contributed by atoms with Gasteiger partial charge < -0.3 is 15.1 Å². The van der Waals surface area contributed by atoms with Gasteiger partial charge in [0, 0.05) is 44.8 Å². The molecule has 2 aromatic heterocycles. The zero-order chi connectivity index (χ0) is 33.3. The summed E-state index contributed by atoms with van der Waals surface area (Å²) >= 11 is 6.90. The molecule has 2 aliphatic rings. The molecule has 0 bridgehead atoms. The van der Waals surface area contributed by atoms with Gasteiger partial charge in [-0.25, -0.2) is 17.8 Å². The van der Waals surface area contributed by atoms with E-state index in [-0.39, 0.29) is 23.1 Å². The summed E-state index contributed by atoms with van der Waals surface area (Å²) < 4.78 is 82.3. The van der Waals surface area contributed by atoms with Crippen LogP contribution >= 0.6 is 22.9 Å². The number of aromatic nitrogens is 1. The lowest BCUT2D eigenvalue weighted by molar-refractivity contribution is -0.137. The van der Waals surface area contributed by atoms with E-state index in [0.29, 0.717) is 71.7 Å². The van der Waals surface area contributed by atoms with E-state index >= 15 is 0 Å². The first-order chi connectivity index (χ1) is 22.4. The highest BCUT2D eigenvalue weighted by molar-refractivity contribution is 7.91. The van der Waals surface area contributed by atoms with Crippen LogP contribution in [0.15, 0.2) is 77.0 Å². The van der Waals surface area contributed by atoms with E-state index in [1.165, 1.54) is 34.6 Å². The van der Waals surface area contributed by atoms with Crippen molar-refractivity contribution in [3.8, 4) is 11.3 Å². The molecule has 47 heavy (non-hydrogen) atoms. The Bertz CT molecular complexity index is 1860. The second kappa shape index (κ2) is 13.4. The highest BCUT2D eigenvalue weighted by atomic mass is 35.5. The second-order valence-electron chi connectivity index (χ2n) is 11.3. The van der Waals surface area contributed by atoms with Crippen LogP contribution in [0, 0.1) is 5.82 Å². The van der Waals surface area contributed by atoms with E-state index in [1.54, 1.807) is 30.3 Å².